The lowest BCUT2D eigenvalue weighted by Gasteiger charge is -2.24. The summed E-state index contributed by atoms with van der Waals surface area (Å²) >= 11 is 4.83. The van der Waals surface area contributed by atoms with Crippen LogP contribution in [0.4, 0.5) is 0 Å². The Morgan fingerprint density at radius 1 is 1.67 bits per heavy atom. The van der Waals surface area contributed by atoms with E-state index in [1.54, 1.807) is 14.0 Å². The first-order valence-electron chi connectivity index (χ1n) is 5.16. The van der Waals surface area contributed by atoms with E-state index in [-0.39, 0.29) is 16.8 Å². The van der Waals surface area contributed by atoms with E-state index < -0.39 is 0 Å². The molecule has 5 heteroatoms. The largest absolute Gasteiger partial charge is 0.393 e. The van der Waals surface area contributed by atoms with Crippen LogP contribution >= 0.6 is 12.2 Å². The lowest BCUT2D eigenvalue weighted by molar-refractivity contribution is -0.134. The molecule has 1 aliphatic carbocycles. The maximum atomic E-state index is 12.0. The lowest BCUT2D eigenvalue weighted by Crippen LogP contribution is -2.42. The Kier molecular flexibility index (Phi) is 4.47. The van der Waals surface area contributed by atoms with Crippen molar-refractivity contribution in [1.82, 2.24) is 4.90 Å². The molecule has 0 saturated heterocycles. The quantitative estimate of drug-likeness (QED) is 0.677. The first kappa shape index (κ1) is 12.4. The Morgan fingerprint density at radius 2 is 2.27 bits per heavy atom. The highest BCUT2D eigenvalue weighted by molar-refractivity contribution is 7.80. The van der Waals surface area contributed by atoms with Gasteiger partial charge < -0.3 is 15.4 Å². The van der Waals surface area contributed by atoms with Crippen molar-refractivity contribution in [1.29, 1.82) is 0 Å². The van der Waals surface area contributed by atoms with Gasteiger partial charge in [0.2, 0.25) is 5.91 Å². The van der Waals surface area contributed by atoms with Gasteiger partial charge in [0.25, 0.3) is 0 Å². The van der Waals surface area contributed by atoms with Crippen LogP contribution in [0.5, 0.6) is 0 Å². The van der Waals surface area contributed by atoms with E-state index in [0.29, 0.717) is 19.2 Å². The fourth-order valence-electron chi connectivity index (χ4n) is 1.42. The second-order valence-corrected chi connectivity index (χ2v) is 4.35. The smallest absolute Gasteiger partial charge is 0.232 e. The Morgan fingerprint density at radius 3 is 2.67 bits per heavy atom. The minimum Gasteiger partial charge on any atom is -0.393 e. The molecular weight excluding hydrogens is 212 g/mol. The molecule has 1 amide bonds. The van der Waals surface area contributed by atoms with Gasteiger partial charge in [0.15, 0.2) is 0 Å². The molecule has 0 aromatic heterocycles. The number of hydrogen-bond donors (Lipinski definition) is 1. The monoisotopic (exact) mass is 230 g/mol. The van der Waals surface area contributed by atoms with Crippen LogP contribution in [0.1, 0.15) is 19.8 Å². The van der Waals surface area contributed by atoms with Gasteiger partial charge in [0.1, 0.15) is 0 Å². The van der Waals surface area contributed by atoms with E-state index in [1.165, 1.54) is 0 Å². The second-order valence-electron chi connectivity index (χ2n) is 3.88. The summed E-state index contributed by atoms with van der Waals surface area (Å²) < 4.78 is 4.98. The molecule has 0 radical (unpaired) electrons. The van der Waals surface area contributed by atoms with Crippen molar-refractivity contribution in [2.45, 2.75) is 25.8 Å². The van der Waals surface area contributed by atoms with Crippen LogP contribution in [0.3, 0.4) is 0 Å². The molecule has 0 aromatic carbocycles. The van der Waals surface area contributed by atoms with Crippen molar-refractivity contribution in [2.75, 3.05) is 20.3 Å². The molecule has 1 rings (SSSR count). The van der Waals surface area contributed by atoms with Crippen molar-refractivity contribution in [3.8, 4) is 0 Å². The molecule has 0 bridgehead atoms. The summed E-state index contributed by atoms with van der Waals surface area (Å²) in [5.41, 5.74) is 5.48. The molecule has 0 spiro atoms. The van der Waals surface area contributed by atoms with Crippen LogP contribution < -0.4 is 5.73 Å². The molecule has 1 atom stereocenters. The number of rotatable bonds is 6. The van der Waals surface area contributed by atoms with Crippen LogP contribution in [0.25, 0.3) is 0 Å². The van der Waals surface area contributed by atoms with E-state index in [4.69, 9.17) is 22.7 Å². The third-order valence-electron chi connectivity index (χ3n) is 2.60. The Balaban J connectivity index is 2.54. The van der Waals surface area contributed by atoms with Gasteiger partial charge in [0, 0.05) is 19.7 Å². The van der Waals surface area contributed by atoms with Gasteiger partial charge in [-0.2, -0.15) is 0 Å². The third kappa shape index (κ3) is 3.43. The lowest BCUT2D eigenvalue weighted by atomic mass is 10.1. The highest BCUT2D eigenvalue weighted by Crippen LogP contribution is 2.27. The summed E-state index contributed by atoms with van der Waals surface area (Å²) in [7, 11) is 1.63. The number of nitrogens with zero attached hydrogens (tertiary/aromatic N) is 1. The Hall–Kier alpha value is -0.680. The molecular formula is C10H18N2O2S. The molecule has 0 heterocycles. The number of thiocarbonyl (C=S) groups is 1. The minimum atomic E-state index is -0.363. The van der Waals surface area contributed by atoms with Crippen LogP contribution in [0.15, 0.2) is 0 Å². The van der Waals surface area contributed by atoms with E-state index in [9.17, 15) is 4.79 Å². The molecule has 1 unspecified atom stereocenters. The zero-order valence-corrected chi connectivity index (χ0v) is 10.0. The van der Waals surface area contributed by atoms with Gasteiger partial charge >= 0.3 is 0 Å². The van der Waals surface area contributed by atoms with E-state index in [1.807, 2.05) is 4.90 Å². The van der Waals surface area contributed by atoms with Crippen molar-refractivity contribution in [3.05, 3.63) is 0 Å². The predicted octanol–water partition coefficient (Wildman–Crippen LogP) is 0.546. The molecule has 2 N–H and O–H groups in total. The van der Waals surface area contributed by atoms with Crippen molar-refractivity contribution >= 4 is 23.1 Å². The summed E-state index contributed by atoms with van der Waals surface area (Å²) in [5.74, 6) is -0.334. The first-order chi connectivity index (χ1) is 7.07. The SMILES string of the molecule is COCCN(C(=O)C(C)C(N)=S)C1CC1. The number of methoxy groups -OCH3 is 1. The highest BCUT2D eigenvalue weighted by atomic mass is 32.1. The molecule has 1 aliphatic rings. The fourth-order valence-corrected chi connectivity index (χ4v) is 1.52. The number of nitrogens with two attached hydrogens (primary N) is 1. The van der Waals surface area contributed by atoms with Gasteiger partial charge in [-0.25, -0.2) is 0 Å². The maximum absolute atomic E-state index is 12.0. The first-order valence-corrected chi connectivity index (χ1v) is 5.57. The van der Waals surface area contributed by atoms with Gasteiger partial charge in [-0.15, -0.1) is 0 Å². The Bertz CT molecular complexity index is 254. The summed E-state index contributed by atoms with van der Waals surface area (Å²) in [6.07, 6.45) is 2.17. The van der Waals surface area contributed by atoms with Crippen LogP contribution in [0, 0.1) is 5.92 Å². The molecule has 0 aliphatic heterocycles. The number of amides is 1. The summed E-state index contributed by atoms with van der Waals surface area (Å²) in [6.45, 7) is 2.95. The van der Waals surface area contributed by atoms with Crippen molar-refractivity contribution in [3.63, 3.8) is 0 Å². The van der Waals surface area contributed by atoms with Crippen LogP contribution in [0.2, 0.25) is 0 Å². The molecule has 1 fully saturated rings. The normalized spacial score (nSPS) is 17.2. The second kappa shape index (κ2) is 5.42. The van der Waals surface area contributed by atoms with Gasteiger partial charge in [0.05, 0.1) is 17.5 Å². The van der Waals surface area contributed by atoms with Gasteiger partial charge in [-0.05, 0) is 19.8 Å². The Labute approximate surface area is 95.8 Å². The fraction of sp³-hybridized carbons (Fsp3) is 0.800. The highest BCUT2D eigenvalue weighted by Gasteiger charge is 2.34. The number of carbonyl (C=O) groups is 1. The zero-order valence-electron chi connectivity index (χ0n) is 9.23. The van der Waals surface area contributed by atoms with Gasteiger partial charge in [-0.3, -0.25) is 4.79 Å². The topological polar surface area (TPSA) is 55.6 Å². The summed E-state index contributed by atoms with van der Waals surface area (Å²) in [6, 6.07) is 0.379. The summed E-state index contributed by atoms with van der Waals surface area (Å²) in [5, 5.41) is 0. The average molecular weight is 230 g/mol. The maximum Gasteiger partial charge on any atom is 0.232 e. The van der Waals surface area contributed by atoms with Crippen molar-refractivity contribution in [2.24, 2.45) is 11.7 Å². The molecule has 0 aromatic rings. The third-order valence-corrected chi connectivity index (χ3v) is 2.96. The average Bonchev–Trinajstić information content (AvgIpc) is 3.00. The van der Waals surface area contributed by atoms with Crippen molar-refractivity contribution < 1.29 is 9.53 Å². The number of hydrogen-bond acceptors (Lipinski definition) is 3. The standard InChI is InChI=1S/C10H18N2O2S/c1-7(9(11)15)10(13)12(5-6-14-2)8-3-4-8/h7-8H,3-6H2,1-2H3,(H2,11,15). The molecule has 86 valence electrons. The van der Waals surface area contributed by atoms with E-state index in [0.717, 1.165) is 12.8 Å². The van der Waals surface area contributed by atoms with Crippen LogP contribution in [-0.2, 0) is 9.53 Å². The molecule has 4 nitrogen and oxygen atoms in total. The number of ether oxygens (including phenoxy) is 1. The summed E-state index contributed by atoms with van der Waals surface area (Å²) in [4.78, 5) is 14.1. The molecule has 15 heavy (non-hydrogen) atoms. The molecule has 1 saturated carbocycles. The van der Waals surface area contributed by atoms with Crippen LogP contribution in [-0.4, -0.2) is 42.1 Å². The minimum absolute atomic E-state index is 0.0297. The van der Waals surface area contributed by atoms with E-state index in [2.05, 4.69) is 0 Å². The van der Waals surface area contributed by atoms with E-state index >= 15 is 0 Å². The predicted molar refractivity (Wildman–Crippen MR) is 62.6 cm³/mol. The number of carbonyl (C=O) groups excluding carboxylic acids is 1. The zero-order chi connectivity index (χ0) is 11.4. The van der Waals surface area contributed by atoms with Gasteiger partial charge in [-0.1, -0.05) is 12.2 Å².